The highest BCUT2D eigenvalue weighted by atomic mass is 127. The molecule has 0 heterocycles. The van der Waals surface area contributed by atoms with Gasteiger partial charge < -0.3 is 14.6 Å². The fourth-order valence-electron chi connectivity index (χ4n) is 1.40. The molecule has 0 amide bonds. The molecule has 4 nitrogen and oxygen atoms in total. The van der Waals surface area contributed by atoms with E-state index >= 15 is 0 Å². The number of halogens is 2. The standard InChI is InChI=1S/C14H10I2O4/c15-9-1-5-11(6-2-9)19-14(13(17)18)20-12-7-3-10(16)4-8-12/h1-8,14H,(H,17,18). The molecule has 0 aliphatic rings. The van der Waals surface area contributed by atoms with Gasteiger partial charge in [-0.1, -0.05) is 0 Å². The Hall–Kier alpha value is -1.03. The monoisotopic (exact) mass is 496 g/mol. The Morgan fingerprint density at radius 1 is 0.850 bits per heavy atom. The summed E-state index contributed by atoms with van der Waals surface area (Å²) in [6.07, 6.45) is -1.38. The van der Waals surface area contributed by atoms with Gasteiger partial charge in [-0.25, -0.2) is 4.79 Å². The molecule has 0 atom stereocenters. The van der Waals surface area contributed by atoms with Gasteiger partial charge in [0.2, 0.25) is 0 Å². The predicted molar refractivity (Wildman–Crippen MR) is 91.0 cm³/mol. The number of carboxylic acid groups (broad SMARTS) is 1. The third kappa shape index (κ3) is 4.51. The van der Waals surface area contributed by atoms with Crippen molar-refractivity contribution in [1.82, 2.24) is 0 Å². The molecule has 0 aromatic heterocycles. The van der Waals surface area contributed by atoms with Crippen molar-refractivity contribution < 1.29 is 19.4 Å². The van der Waals surface area contributed by atoms with Crippen LogP contribution < -0.4 is 9.47 Å². The van der Waals surface area contributed by atoms with Gasteiger partial charge in [0.25, 0.3) is 0 Å². The maximum Gasteiger partial charge on any atom is 0.387 e. The van der Waals surface area contributed by atoms with Crippen LogP contribution >= 0.6 is 45.2 Å². The highest BCUT2D eigenvalue weighted by Crippen LogP contribution is 2.19. The third-order valence-electron chi connectivity index (χ3n) is 2.32. The largest absolute Gasteiger partial charge is 0.476 e. The minimum absolute atomic E-state index is 0.448. The van der Waals surface area contributed by atoms with Gasteiger partial charge in [-0.3, -0.25) is 0 Å². The van der Waals surface area contributed by atoms with Crippen LogP contribution in [0.4, 0.5) is 0 Å². The van der Waals surface area contributed by atoms with Crippen LogP contribution in [0.25, 0.3) is 0 Å². The Morgan fingerprint density at radius 3 is 1.50 bits per heavy atom. The van der Waals surface area contributed by atoms with E-state index in [1.165, 1.54) is 0 Å². The zero-order valence-electron chi connectivity index (χ0n) is 10.1. The molecule has 0 radical (unpaired) electrons. The van der Waals surface area contributed by atoms with Crippen LogP contribution in [-0.2, 0) is 4.79 Å². The molecule has 2 rings (SSSR count). The SMILES string of the molecule is O=C(O)C(Oc1ccc(I)cc1)Oc1ccc(I)cc1. The number of benzene rings is 2. The Morgan fingerprint density at radius 2 is 1.20 bits per heavy atom. The molecule has 0 spiro atoms. The summed E-state index contributed by atoms with van der Waals surface area (Å²) in [4.78, 5) is 11.2. The predicted octanol–water partition coefficient (Wildman–Crippen LogP) is 3.76. The highest BCUT2D eigenvalue weighted by Gasteiger charge is 2.21. The number of hydrogen-bond donors (Lipinski definition) is 1. The van der Waals surface area contributed by atoms with Crippen LogP contribution in [0.1, 0.15) is 0 Å². The summed E-state index contributed by atoms with van der Waals surface area (Å²) < 4.78 is 12.8. The van der Waals surface area contributed by atoms with E-state index in [0.717, 1.165) is 7.14 Å². The minimum atomic E-state index is -1.38. The van der Waals surface area contributed by atoms with E-state index in [1.807, 2.05) is 24.3 Å². The molecule has 1 N–H and O–H groups in total. The third-order valence-corrected chi connectivity index (χ3v) is 3.75. The second-order valence-corrected chi connectivity index (χ2v) is 6.30. The zero-order valence-corrected chi connectivity index (χ0v) is 14.4. The smallest absolute Gasteiger partial charge is 0.387 e. The maximum atomic E-state index is 11.2. The van der Waals surface area contributed by atoms with Gasteiger partial charge in [-0.15, -0.1) is 0 Å². The number of ether oxygens (including phenoxy) is 2. The molecule has 0 fully saturated rings. The second-order valence-electron chi connectivity index (χ2n) is 3.81. The summed E-state index contributed by atoms with van der Waals surface area (Å²) in [6.45, 7) is 0. The topological polar surface area (TPSA) is 55.8 Å². The molecule has 2 aromatic carbocycles. The van der Waals surface area contributed by atoms with E-state index in [4.69, 9.17) is 14.6 Å². The van der Waals surface area contributed by atoms with Gasteiger partial charge in [-0.05, 0) is 93.7 Å². The summed E-state index contributed by atoms with van der Waals surface area (Å²) in [5.74, 6) is -0.284. The molecule has 0 saturated carbocycles. The van der Waals surface area contributed by atoms with Crippen LogP contribution in [0, 0.1) is 7.14 Å². The van der Waals surface area contributed by atoms with Crippen molar-refractivity contribution in [2.45, 2.75) is 6.29 Å². The highest BCUT2D eigenvalue weighted by molar-refractivity contribution is 14.1. The van der Waals surface area contributed by atoms with Crippen molar-refractivity contribution >= 4 is 51.2 Å². The van der Waals surface area contributed by atoms with Crippen LogP contribution in [0.5, 0.6) is 11.5 Å². The normalized spacial score (nSPS) is 10.3. The van der Waals surface area contributed by atoms with E-state index < -0.39 is 12.3 Å². The average Bonchev–Trinajstić information content (AvgIpc) is 2.42. The number of carboxylic acids is 1. The van der Waals surface area contributed by atoms with Crippen molar-refractivity contribution in [3.63, 3.8) is 0 Å². The minimum Gasteiger partial charge on any atom is -0.476 e. The summed E-state index contributed by atoms with van der Waals surface area (Å²) in [5.41, 5.74) is 0. The number of hydrogen-bond acceptors (Lipinski definition) is 3. The first-order valence-corrected chi connectivity index (χ1v) is 7.77. The number of aliphatic carboxylic acids is 1. The average molecular weight is 496 g/mol. The molecule has 0 aliphatic carbocycles. The molecule has 0 unspecified atom stereocenters. The van der Waals surface area contributed by atoms with Gasteiger partial charge in [0, 0.05) is 7.14 Å². The Bertz CT molecular complexity index is 534. The number of carbonyl (C=O) groups is 1. The van der Waals surface area contributed by atoms with E-state index in [9.17, 15) is 4.79 Å². The lowest BCUT2D eigenvalue weighted by Crippen LogP contribution is -2.33. The van der Waals surface area contributed by atoms with Gasteiger partial charge in [0.15, 0.2) is 0 Å². The molecular formula is C14H10I2O4. The lowest BCUT2D eigenvalue weighted by atomic mass is 10.3. The zero-order chi connectivity index (χ0) is 14.5. The molecule has 0 bridgehead atoms. The van der Waals surface area contributed by atoms with Crippen molar-refractivity contribution in [1.29, 1.82) is 0 Å². The van der Waals surface area contributed by atoms with Crippen molar-refractivity contribution in [3.8, 4) is 11.5 Å². The van der Waals surface area contributed by atoms with Gasteiger partial charge >= 0.3 is 12.3 Å². The summed E-state index contributed by atoms with van der Waals surface area (Å²) in [6, 6.07) is 14.1. The summed E-state index contributed by atoms with van der Waals surface area (Å²) in [7, 11) is 0. The van der Waals surface area contributed by atoms with Gasteiger partial charge in [0.05, 0.1) is 0 Å². The Kier molecular flexibility index (Phi) is 5.46. The van der Waals surface area contributed by atoms with Crippen LogP contribution in [0.2, 0.25) is 0 Å². The van der Waals surface area contributed by atoms with E-state index in [0.29, 0.717) is 11.5 Å². The first-order valence-electron chi connectivity index (χ1n) is 5.62. The number of rotatable bonds is 5. The first-order chi connectivity index (χ1) is 9.54. The molecule has 20 heavy (non-hydrogen) atoms. The van der Waals surface area contributed by atoms with E-state index in [1.54, 1.807) is 24.3 Å². The van der Waals surface area contributed by atoms with Crippen LogP contribution in [-0.4, -0.2) is 17.4 Å². The molecule has 0 saturated heterocycles. The fraction of sp³-hybridized carbons (Fsp3) is 0.0714. The summed E-state index contributed by atoms with van der Waals surface area (Å²) >= 11 is 4.32. The summed E-state index contributed by atoms with van der Waals surface area (Å²) in [5, 5.41) is 9.15. The molecular weight excluding hydrogens is 486 g/mol. The lowest BCUT2D eigenvalue weighted by molar-refractivity contribution is -0.158. The first kappa shape index (κ1) is 15.4. The van der Waals surface area contributed by atoms with Crippen molar-refractivity contribution in [3.05, 3.63) is 55.7 Å². The Labute approximate surface area is 143 Å². The van der Waals surface area contributed by atoms with E-state index in [2.05, 4.69) is 45.2 Å². The molecule has 6 heteroatoms. The fourth-order valence-corrected chi connectivity index (χ4v) is 2.12. The molecule has 104 valence electrons. The van der Waals surface area contributed by atoms with Gasteiger partial charge in [-0.2, -0.15) is 0 Å². The Balaban J connectivity index is 2.09. The maximum absolute atomic E-state index is 11.2. The quantitative estimate of drug-likeness (QED) is 0.507. The molecule has 0 aliphatic heterocycles. The van der Waals surface area contributed by atoms with Crippen LogP contribution in [0.3, 0.4) is 0 Å². The van der Waals surface area contributed by atoms with Crippen LogP contribution in [0.15, 0.2) is 48.5 Å². The van der Waals surface area contributed by atoms with Crippen molar-refractivity contribution in [2.75, 3.05) is 0 Å². The van der Waals surface area contributed by atoms with Crippen molar-refractivity contribution in [2.24, 2.45) is 0 Å². The van der Waals surface area contributed by atoms with Gasteiger partial charge in [0.1, 0.15) is 11.5 Å². The lowest BCUT2D eigenvalue weighted by Gasteiger charge is -2.16. The second kappa shape index (κ2) is 7.11. The molecule has 2 aromatic rings. The van der Waals surface area contributed by atoms with E-state index in [-0.39, 0.29) is 0 Å².